The summed E-state index contributed by atoms with van der Waals surface area (Å²) < 4.78 is 10.6. The van der Waals surface area contributed by atoms with E-state index in [1.165, 1.54) is 11.3 Å². The highest BCUT2D eigenvalue weighted by molar-refractivity contribution is 6.08. The number of nitrogens with zero attached hydrogens (tertiary/aromatic N) is 1. The van der Waals surface area contributed by atoms with Gasteiger partial charge in [0.25, 0.3) is 5.91 Å². The SMILES string of the molecule is COc1cccc(OC)c1C(=O)Nc1ccc2c(c1)N(C)CCC2. The largest absolute Gasteiger partial charge is 0.496 e. The maximum absolute atomic E-state index is 12.7. The Morgan fingerprint density at radius 1 is 1.12 bits per heavy atom. The monoisotopic (exact) mass is 326 g/mol. The minimum absolute atomic E-state index is 0.247. The second kappa shape index (κ2) is 6.83. The first-order valence-electron chi connectivity index (χ1n) is 8.00. The molecule has 1 N–H and O–H groups in total. The Morgan fingerprint density at radius 3 is 2.50 bits per heavy atom. The number of benzene rings is 2. The molecule has 0 saturated carbocycles. The molecule has 3 rings (SSSR count). The standard InChI is InChI=1S/C19H22N2O3/c1-21-11-5-6-13-9-10-14(12-15(13)21)20-19(22)18-16(23-2)7-4-8-17(18)24-3/h4,7-10,12H,5-6,11H2,1-3H3,(H,20,22). The van der Waals surface area contributed by atoms with Gasteiger partial charge < -0.3 is 19.7 Å². The Hall–Kier alpha value is -2.69. The van der Waals surface area contributed by atoms with Gasteiger partial charge >= 0.3 is 0 Å². The van der Waals surface area contributed by atoms with Crippen molar-refractivity contribution in [2.75, 3.05) is 38.0 Å². The van der Waals surface area contributed by atoms with E-state index >= 15 is 0 Å². The molecule has 1 amide bonds. The van der Waals surface area contributed by atoms with Crippen molar-refractivity contribution in [2.45, 2.75) is 12.8 Å². The van der Waals surface area contributed by atoms with Crippen LogP contribution in [-0.2, 0) is 6.42 Å². The molecular formula is C19H22N2O3. The number of methoxy groups -OCH3 is 2. The van der Waals surface area contributed by atoms with Crippen LogP contribution >= 0.6 is 0 Å². The fraction of sp³-hybridized carbons (Fsp3) is 0.316. The third kappa shape index (κ3) is 3.02. The van der Waals surface area contributed by atoms with E-state index in [1.54, 1.807) is 32.4 Å². The summed E-state index contributed by atoms with van der Waals surface area (Å²) >= 11 is 0. The van der Waals surface area contributed by atoms with Crippen LogP contribution in [0.2, 0.25) is 0 Å². The lowest BCUT2D eigenvalue weighted by molar-refractivity contribution is 0.102. The molecule has 0 unspecified atom stereocenters. The quantitative estimate of drug-likeness (QED) is 0.936. The Kier molecular flexibility index (Phi) is 4.60. The van der Waals surface area contributed by atoms with Gasteiger partial charge in [-0.2, -0.15) is 0 Å². The zero-order chi connectivity index (χ0) is 17.1. The predicted molar refractivity (Wildman–Crippen MR) is 95.5 cm³/mol. The molecular weight excluding hydrogens is 304 g/mol. The minimum atomic E-state index is -0.247. The van der Waals surface area contributed by atoms with Gasteiger partial charge in [0.2, 0.25) is 0 Å². The van der Waals surface area contributed by atoms with E-state index in [-0.39, 0.29) is 5.91 Å². The first kappa shape index (κ1) is 16.2. The lowest BCUT2D eigenvalue weighted by Crippen LogP contribution is -2.25. The van der Waals surface area contributed by atoms with Crippen LogP contribution in [0.15, 0.2) is 36.4 Å². The summed E-state index contributed by atoms with van der Waals surface area (Å²) in [5, 5.41) is 2.95. The van der Waals surface area contributed by atoms with Gasteiger partial charge in [-0.05, 0) is 42.7 Å². The molecule has 24 heavy (non-hydrogen) atoms. The average Bonchev–Trinajstić information content (AvgIpc) is 2.61. The minimum Gasteiger partial charge on any atom is -0.496 e. The lowest BCUT2D eigenvalue weighted by atomic mass is 10.0. The molecule has 2 aromatic rings. The number of nitrogens with one attached hydrogen (secondary N) is 1. The van der Waals surface area contributed by atoms with Crippen molar-refractivity contribution in [3.05, 3.63) is 47.5 Å². The Labute approximate surface area is 142 Å². The van der Waals surface area contributed by atoms with Crippen molar-refractivity contribution in [3.8, 4) is 11.5 Å². The number of aryl methyl sites for hydroxylation is 1. The molecule has 5 heteroatoms. The number of amides is 1. The first-order chi connectivity index (χ1) is 11.6. The third-order valence-electron chi connectivity index (χ3n) is 4.35. The third-order valence-corrected chi connectivity index (χ3v) is 4.35. The van der Waals surface area contributed by atoms with Gasteiger partial charge in [0.15, 0.2) is 0 Å². The van der Waals surface area contributed by atoms with Gasteiger partial charge in [-0.15, -0.1) is 0 Å². The average molecular weight is 326 g/mol. The summed E-state index contributed by atoms with van der Waals surface area (Å²) in [6.07, 6.45) is 2.24. The van der Waals surface area contributed by atoms with Gasteiger partial charge in [0.05, 0.1) is 14.2 Å². The fourth-order valence-corrected chi connectivity index (χ4v) is 3.10. The number of hydrogen-bond donors (Lipinski definition) is 1. The van der Waals surface area contributed by atoms with E-state index < -0.39 is 0 Å². The molecule has 0 bridgehead atoms. The van der Waals surface area contributed by atoms with E-state index in [0.717, 1.165) is 25.1 Å². The van der Waals surface area contributed by atoms with Gasteiger partial charge in [-0.25, -0.2) is 0 Å². The van der Waals surface area contributed by atoms with Crippen LogP contribution in [-0.4, -0.2) is 33.7 Å². The fourth-order valence-electron chi connectivity index (χ4n) is 3.10. The maximum atomic E-state index is 12.7. The molecule has 1 heterocycles. The summed E-state index contributed by atoms with van der Waals surface area (Å²) in [5.74, 6) is 0.728. The summed E-state index contributed by atoms with van der Waals surface area (Å²) in [7, 11) is 5.16. The Balaban J connectivity index is 1.90. The second-order valence-corrected chi connectivity index (χ2v) is 5.86. The number of anilines is 2. The van der Waals surface area contributed by atoms with Crippen molar-refractivity contribution in [3.63, 3.8) is 0 Å². The Morgan fingerprint density at radius 2 is 1.83 bits per heavy atom. The molecule has 0 fully saturated rings. The smallest absolute Gasteiger partial charge is 0.263 e. The predicted octanol–water partition coefficient (Wildman–Crippen LogP) is 3.34. The second-order valence-electron chi connectivity index (χ2n) is 5.86. The number of ether oxygens (including phenoxy) is 2. The van der Waals surface area contributed by atoms with Crippen molar-refractivity contribution < 1.29 is 14.3 Å². The van der Waals surface area contributed by atoms with Gasteiger partial charge in [-0.3, -0.25) is 4.79 Å². The molecule has 126 valence electrons. The molecule has 5 nitrogen and oxygen atoms in total. The van der Waals surface area contributed by atoms with Crippen molar-refractivity contribution in [2.24, 2.45) is 0 Å². The van der Waals surface area contributed by atoms with Crippen molar-refractivity contribution >= 4 is 17.3 Å². The molecule has 2 aromatic carbocycles. The van der Waals surface area contributed by atoms with Gasteiger partial charge in [0.1, 0.15) is 17.1 Å². The van der Waals surface area contributed by atoms with Crippen LogP contribution in [0.5, 0.6) is 11.5 Å². The number of hydrogen-bond acceptors (Lipinski definition) is 4. The normalized spacial score (nSPS) is 13.2. The molecule has 1 aliphatic rings. The molecule has 0 radical (unpaired) electrons. The maximum Gasteiger partial charge on any atom is 0.263 e. The van der Waals surface area contributed by atoms with E-state index in [9.17, 15) is 4.79 Å². The van der Waals surface area contributed by atoms with Crippen LogP contribution in [0.3, 0.4) is 0 Å². The summed E-state index contributed by atoms with van der Waals surface area (Å²) in [6.45, 7) is 1.03. The molecule has 0 saturated heterocycles. The number of carbonyl (C=O) groups excluding carboxylic acids is 1. The Bertz CT molecular complexity index is 736. The van der Waals surface area contributed by atoms with E-state index in [2.05, 4.69) is 23.3 Å². The van der Waals surface area contributed by atoms with Crippen LogP contribution < -0.4 is 19.7 Å². The summed E-state index contributed by atoms with van der Waals surface area (Å²) in [5.41, 5.74) is 3.65. The highest BCUT2D eigenvalue weighted by atomic mass is 16.5. The molecule has 1 aliphatic heterocycles. The number of rotatable bonds is 4. The van der Waals surface area contributed by atoms with Crippen LogP contribution in [0.4, 0.5) is 11.4 Å². The topological polar surface area (TPSA) is 50.8 Å². The van der Waals surface area contributed by atoms with Crippen LogP contribution in [0, 0.1) is 0 Å². The first-order valence-corrected chi connectivity index (χ1v) is 8.00. The van der Waals surface area contributed by atoms with Crippen molar-refractivity contribution in [1.82, 2.24) is 0 Å². The van der Waals surface area contributed by atoms with E-state index in [4.69, 9.17) is 9.47 Å². The lowest BCUT2D eigenvalue weighted by Gasteiger charge is -2.28. The highest BCUT2D eigenvalue weighted by Gasteiger charge is 2.19. The molecule has 0 aliphatic carbocycles. The van der Waals surface area contributed by atoms with Gasteiger partial charge in [0, 0.05) is 25.0 Å². The zero-order valence-corrected chi connectivity index (χ0v) is 14.3. The van der Waals surface area contributed by atoms with Crippen LogP contribution in [0.1, 0.15) is 22.3 Å². The number of carbonyl (C=O) groups is 1. The summed E-state index contributed by atoms with van der Waals surface area (Å²) in [4.78, 5) is 15.0. The van der Waals surface area contributed by atoms with E-state index in [0.29, 0.717) is 17.1 Å². The number of fused-ring (bicyclic) bond motifs is 1. The van der Waals surface area contributed by atoms with E-state index in [1.807, 2.05) is 12.1 Å². The van der Waals surface area contributed by atoms with Gasteiger partial charge in [-0.1, -0.05) is 12.1 Å². The zero-order valence-electron chi connectivity index (χ0n) is 14.3. The summed E-state index contributed by atoms with van der Waals surface area (Å²) in [6, 6.07) is 11.3. The van der Waals surface area contributed by atoms with Crippen LogP contribution in [0.25, 0.3) is 0 Å². The molecule has 0 spiro atoms. The highest BCUT2D eigenvalue weighted by Crippen LogP contribution is 2.31. The molecule has 0 aromatic heterocycles. The van der Waals surface area contributed by atoms with Crippen molar-refractivity contribution in [1.29, 1.82) is 0 Å². The molecule has 0 atom stereocenters.